The highest BCUT2D eigenvalue weighted by molar-refractivity contribution is 6.38. The van der Waals surface area contributed by atoms with E-state index in [4.69, 9.17) is 15.0 Å². The van der Waals surface area contributed by atoms with Gasteiger partial charge in [-0.25, -0.2) is 15.0 Å². The van der Waals surface area contributed by atoms with E-state index in [0.29, 0.717) is 17.5 Å². The van der Waals surface area contributed by atoms with Gasteiger partial charge in [-0.05, 0) is 67.9 Å². The summed E-state index contributed by atoms with van der Waals surface area (Å²) in [5.41, 5.74) is 11.2. The molecule has 11 aromatic rings. The predicted octanol–water partition coefficient (Wildman–Crippen LogP) is 13.1. The molecule has 0 radical (unpaired) electrons. The molecule has 0 unspecified atom stereocenters. The van der Waals surface area contributed by atoms with E-state index in [0.717, 1.165) is 33.5 Å². The normalized spacial score (nSPS) is 12.0. The highest BCUT2D eigenvalue weighted by Crippen LogP contribution is 2.50. The molecule has 55 heavy (non-hydrogen) atoms. The topological polar surface area (TPSA) is 43.6 Å². The van der Waals surface area contributed by atoms with Gasteiger partial charge in [0.05, 0.1) is 16.7 Å². The molecule has 12 rings (SSSR count). The molecule has 0 atom stereocenters. The smallest absolute Gasteiger partial charge is 0.164 e. The highest BCUT2D eigenvalue weighted by Gasteiger charge is 2.25. The van der Waals surface area contributed by atoms with Gasteiger partial charge in [0.2, 0.25) is 0 Å². The third-order valence-electron chi connectivity index (χ3n) is 11.3. The molecule has 0 aliphatic heterocycles. The molecule has 2 aromatic heterocycles. The summed E-state index contributed by atoms with van der Waals surface area (Å²) in [7, 11) is 0. The molecule has 4 nitrogen and oxygen atoms in total. The molecule has 1 aliphatic carbocycles. The largest absolute Gasteiger partial charge is 0.309 e. The van der Waals surface area contributed by atoms with Crippen molar-refractivity contribution in [3.05, 3.63) is 182 Å². The van der Waals surface area contributed by atoms with E-state index in [1.54, 1.807) is 0 Å². The van der Waals surface area contributed by atoms with E-state index in [9.17, 15) is 0 Å². The van der Waals surface area contributed by atoms with Crippen LogP contribution in [-0.4, -0.2) is 19.5 Å². The van der Waals surface area contributed by atoms with Gasteiger partial charge in [0, 0.05) is 38.4 Å². The fourth-order valence-electron chi connectivity index (χ4n) is 8.95. The Labute approximate surface area is 316 Å². The fraction of sp³-hybridized carbons (Fsp3) is 0. The summed E-state index contributed by atoms with van der Waals surface area (Å²) < 4.78 is 2.49. The van der Waals surface area contributed by atoms with Crippen molar-refractivity contribution in [1.82, 2.24) is 19.5 Å². The summed E-state index contributed by atoms with van der Waals surface area (Å²) in [6.07, 6.45) is 0. The fourth-order valence-corrected chi connectivity index (χ4v) is 8.95. The van der Waals surface area contributed by atoms with Gasteiger partial charge in [0.25, 0.3) is 0 Å². The van der Waals surface area contributed by atoms with Gasteiger partial charge < -0.3 is 4.57 Å². The van der Waals surface area contributed by atoms with Crippen molar-refractivity contribution in [2.45, 2.75) is 0 Å². The lowest BCUT2D eigenvalue weighted by Gasteiger charge is -2.16. The van der Waals surface area contributed by atoms with Crippen LogP contribution in [-0.2, 0) is 0 Å². The standard InChI is InChI=1S/C51H30N4/c1-3-12-34(13-4-1)49-52-50(35-14-5-2-6-15-35)54-51(53-49)37-19-9-18-36(30-37)38-20-7-8-23-41(38)55-42-28-26-32-17-11-22-40-39-21-10-16-31-24-25-33-27-29-43(55)48(46(33)44(31)39)47(42)45(32)40/h1-30H. The van der Waals surface area contributed by atoms with Crippen molar-refractivity contribution < 1.29 is 0 Å². The zero-order valence-corrected chi connectivity index (χ0v) is 29.6. The minimum Gasteiger partial charge on any atom is -0.309 e. The van der Waals surface area contributed by atoms with Crippen LogP contribution in [0, 0.1) is 0 Å². The van der Waals surface area contributed by atoms with Crippen molar-refractivity contribution in [2.24, 2.45) is 0 Å². The van der Waals surface area contributed by atoms with Gasteiger partial charge in [-0.2, -0.15) is 0 Å². The van der Waals surface area contributed by atoms with E-state index >= 15 is 0 Å². The zero-order chi connectivity index (χ0) is 36.0. The van der Waals surface area contributed by atoms with E-state index in [-0.39, 0.29) is 0 Å². The Hall–Kier alpha value is -7.43. The maximum Gasteiger partial charge on any atom is 0.164 e. The van der Waals surface area contributed by atoms with Crippen molar-refractivity contribution in [3.63, 3.8) is 0 Å². The van der Waals surface area contributed by atoms with Crippen LogP contribution in [0.3, 0.4) is 0 Å². The Morgan fingerprint density at radius 3 is 1.36 bits per heavy atom. The first-order valence-electron chi connectivity index (χ1n) is 18.7. The number of fused-ring (bicyclic) bond motifs is 1. The average Bonchev–Trinajstić information content (AvgIpc) is 3.54. The number of hydrogen-bond donors (Lipinski definition) is 0. The number of benzene rings is 9. The molecular formula is C51H30N4. The highest BCUT2D eigenvalue weighted by atomic mass is 15.0. The molecule has 0 spiro atoms. The Morgan fingerprint density at radius 2 is 0.727 bits per heavy atom. The van der Waals surface area contributed by atoms with Crippen molar-refractivity contribution >= 4 is 54.1 Å². The maximum absolute atomic E-state index is 5.05. The van der Waals surface area contributed by atoms with Crippen LogP contribution in [0.2, 0.25) is 0 Å². The third-order valence-corrected chi connectivity index (χ3v) is 11.3. The summed E-state index contributed by atoms with van der Waals surface area (Å²) in [6, 6.07) is 65.0. The summed E-state index contributed by atoms with van der Waals surface area (Å²) in [6.45, 7) is 0. The van der Waals surface area contributed by atoms with Gasteiger partial charge in [-0.15, -0.1) is 0 Å². The number of rotatable bonds is 5. The lowest BCUT2D eigenvalue weighted by atomic mass is 9.93. The average molecular weight is 699 g/mol. The second-order valence-corrected chi connectivity index (χ2v) is 14.4. The first kappa shape index (κ1) is 30.1. The monoisotopic (exact) mass is 698 g/mol. The van der Waals surface area contributed by atoms with Gasteiger partial charge in [-0.1, -0.05) is 158 Å². The number of nitrogens with zero attached hydrogens (tertiary/aromatic N) is 4. The minimum atomic E-state index is 0.638. The Balaban J connectivity index is 1.11. The van der Waals surface area contributed by atoms with Crippen LogP contribution >= 0.6 is 0 Å². The van der Waals surface area contributed by atoms with Crippen LogP contribution in [0.1, 0.15) is 0 Å². The summed E-state index contributed by atoms with van der Waals surface area (Å²) in [5, 5.41) is 10.4. The zero-order valence-electron chi connectivity index (χ0n) is 29.6. The maximum atomic E-state index is 5.05. The quantitative estimate of drug-likeness (QED) is 0.168. The molecule has 9 aromatic carbocycles. The van der Waals surface area contributed by atoms with Crippen molar-refractivity contribution in [3.8, 4) is 62.1 Å². The Morgan fingerprint density at radius 1 is 0.291 bits per heavy atom. The van der Waals surface area contributed by atoms with Gasteiger partial charge in [0.15, 0.2) is 17.5 Å². The van der Waals surface area contributed by atoms with Crippen LogP contribution in [0.15, 0.2) is 182 Å². The molecule has 0 N–H and O–H groups in total. The molecule has 0 bridgehead atoms. The molecular weight excluding hydrogens is 669 g/mol. The molecule has 1 aliphatic rings. The van der Waals surface area contributed by atoms with E-state index in [1.807, 2.05) is 60.7 Å². The molecule has 0 saturated heterocycles. The first-order chi connectivity index (χ1) is 27.3. The molecule has 4 heteroatoms. The molecule has 0 amide bonds. The SMILES string of the molecule is c1ccc(-c2nc(-c3ccccc3)nc(-c3cccc(-c4ccccc4-n4c5ccc6cccc7c6c5c5c6c(ccc8cccc-7c86)ccc54)c3)n2)cc1. The van der Waals surface area contributed by atoms with E-state index in [2.05, 4.69) is 126 Å². The molecule has 0 saturated carbocycles. The van der Waals surface area contributed by atoms with Gasteiger partial charge >= 0.3 is 0 Å². The van der Waals surface area contributed by atoms with E-state index < -0.39 is 0 Å². The Bertz CT molecular complexity index is 3310. The van der Waals surface area contributed by atoms with Crippen molar-refractivity contribution in [2.75, 3.05) is 0 Å². The predicted molar refractivity (Wildman–Crippen MR) is 227 cm³/mol. The van der Waals surface area contributed by atoms with Gasteiger partial charge in [0.1, 0.15) is 0 Å². The second-order valence-electron chi connectivity index (χ2n) is 14.4. The Kier molecular flexibility index (Phi) is 6.31. The van der Waals surface area contributed by atoms with Crippen LogP contribution in [0.5, 0.6) is 0 Å². The molecule has 2 heterocycles. The summed E-state index contributed by atoms with van der Waals surface area (Å²) in [5.74, 6) is 1.94. The van der Waals surface area contributed by atoms with Crippen LogP contribution in [0.4, 0.5) is 0 Å². The number of para-hydroxylation sites is 1. The summed E-state index contributed by atoms with van der Waals surface area (Å²) in [4.78, 5) is 15.0. The van der Waals surface area contributed by atoms with E-state index in [1.165, 1.54) is 65.3 Å². The lowest BCUT2D eigenvalue weighted by Crippen LogP contribution is -2.00. The number of aromatic nitrogens is 4. The minimum absolute atomic E-state index is 0.638. The second kappa shape index (κ2) is 11.5. The molecule has 0 fully saturated rings. The van der Waals surface area contributed by atoms with Crippen LogP contribution < -0.4 is 0 Å². The summed E-state index contributed by atoms with van der Waals surface area (Å²) >= 11 is 0. The van der Waals surface area contributed by atoms with Gasteiger partial charge in [-0.3, -0.25) is 0 Å². The molecule has 254 valence electrons. The van der Waals surface area contributed by atoms with Crippen LogP contribution in [0.25, 0.3) is 116 Å². The van der Waals surface area contributed by atoms with Crippen molar-refractivity contribution in [1.29, 1.82) is 0 Å². The third kappa shape index (κ3) is 4.43. The number of hydrogen-bond acceptors (Lipinski definition) is 3. The first-order valence-corrected chi connectivity index (χ1v) is 18.7. The lowest BCUT2D eigenvalue weighted by molar-refractivity contribution is 1.07.